The van der Waals surface area contributed by atoms with E-state index in [2.05, 4.69) is 46.6 Å². The Kier molecular flexibility index (Phi) is 5.22. The molecule has 0 aliphatic carbocycles. The minimum absolute atomic E-state index is 0.711. The molecule has 0 aliphatic heterocycles. The van der Waals surface area contributed by atoms with Crippen molar-refractivity contribution in [3.8, 4) is 11.5 Å². The number of ether oxygens (including phenoxy) is 2. The fraction of sp³-hybridized carbons (Fsp3) is 0.235. The van der Waals surface area contributed by atoms with Gasteiger partial charge in [-0.3, -0.25) is 4.99 Å². The molecule has 0 aliphatic rings. The van der Waals surface area contributed by atoms with Crippen molar-refractivity contribution >= 4 is 34.5 Å². The van der Waals surface area contributed by atoms with Crippen LogP contribution in [-0.2, 0) is 0 Å². The first-order valence-electron chi connectivity index (χ1n) is 6.58. The van der Waals surface area contributed by atoms with Gasteiger partial charge in [0.15, 0.2) is 11.5 Å². The maximum absolute atomic E-state index is 5.33. The summed E-state index contributed by atoms with van der Waals surface area (Å²) in [7, 11) is 3.27. The zero-order valence-electron chi connectivity index (χ0n) is 12.6. The molecule has 0 unspecified atom stereocenters. The Bertz CT molecular complexity index is 681. The summed E-state index contributed by atoms with van der Waals surface area (Å²) in [5.41, 5.74) is 4.29. The Morgan fingerprint density at radius 2 is 1.62 bits per heavy atom. The normalized spacial score (nSPS) is 10.9. The molecule has 21 heavy (non-hydrogen) atoms. The van der Waals surface area contributed by atoms with Crippen LogP contribution in [0.25, 0.3) is 0 Å². The van der Waals surface area contributed by atoms with Crippen molar-refractivity contribution in [2.24, 2.45) is 4.99 Å². The van der Waals surface area contributed by atoms with E-state index in [-0.39, 0.29) is 0 Å². The summed E-state index contributed by atoms with van der Waals surface area (Å²) in [5, 5.41) is 0. The molecule has 0 spiro atoms. The summed E-state index contributed by atoms with van der Waals surface area (Å²) in [6.07, 6.45) is 1.86. The molecule has 110 valence electrons. The molecule has 0 N–H and O–H groups in total. The predicted molar refractivity (Wildman–Crippen MR) is 95.4 cm³/mol. The maximum Gasteiger partial charge on any atom is 0.161 e. The van der Waals surface area contributed by atoms with Crippen molar-refractivity contribution < 1.29 is 9.47 Å². The van der Waals surface area contributed by atoms with Gasteiger partial charge in [0.25, 0.3) is 0 Å². The molecule has 4 heteroatoms. The Morgan fingerprint density at radius 3 is 2.24 bits per heavy atom. The van der Waals surface area contributed by atoms with Crippen LogP contribution in [0.2, 0.25) is 0 Å². The van der Waals surface area contributed by atoms with Crippen LogP contribution in [0.5, 0.6) is 11.5 Å². The van der Waals surface area contributed by atoms with Gasteiger partial charge in [0.05, 0.1) is 19.9 Å². The first kappa shape index (κ1) is 15.8. The van der Waals surface area contributed by atoms with Crippen molar-refractivity contribution in [2.75, 3.05) is 14.2 Å². The van der Waals surface area contributed by atoms with Crippen molar-refractivity contribution in [1.29, 1.82) is 0 Å². The number of hydrogen-bond acceptors (Lipinski definition) is 3. The molecule has 2 rings (SSSR count). The summed E-state index contributed by atoms with van der Waals surface area (Å²) >= 11 is 2.32. The first-order chi connectivity index (χ1) is 10.0. The maximum atomic E-state index is 5.33. The summed E-state index contributed by atoms with van der Waals surface area (Å²) in [6, 6.07) is 10.1. The van der Waals surface area contributed by atoms with Crippen molar-refractivity contribution in [3.63, 3.8) is 0 Å². The zero-order valence-corrected chi connectivity index (χ0v) is 14.8. The van der Waals surface area contributed by atoms with E-state index >= 15 is 0 Å². The minimum atomic E-state index is 0.711. The van der Waals surface area contributed by atoms with E-state index in [4.69, 9.17) is 9.47 Å². The molecule has 0 bridgehead atoms. The third-order valence-electron chi connectivity index (χ3n) is 3.27. The highest BCUT2D eigenvalue weighted by atomic mass is 127. The summed E-state index contributed by atoms with van der Waals surface area (Å²) in [4.78, 5) is 4.55. The third kappa shape index (κ3) is 3.75. The molecule has 0 saturated heterocycles. The van der Waals surface area contributed by atoms with Gasteiger partial charge in [-0.15, -0.1) is 0 Å². The number of aliphatic imine (C=N–C) groups is 1. The molecule has 0 heterocycles. The van der Waals surface area contributed by atoms with E-state index in [9.17, 15) is 0 Å². The smallest absolute Gasteiger partial charge is 0.161 e. The van der Waals surface area contributed by atoms with Gasteiger partial charge in [-0.1, -0.05) is 0 Å². The monoisotopic (exact) mass is 395 g/mol. The summed E-state index contributed by atoms with van der Waals surface area (Å²) in [6.45, 7) is 4.12. The van der Waals surface area contributed by atoms with Crippen LogP contribution in [-0.4, -0.2) is 20.4 Å². The second-order valence-corrected chi connectivity index (χ2v) is 5.92. The van der Waals surface area contributed by atoms with Crippen LogP contribution in [0.15, 0.2) is 35.3 Å². The molecule has 0 fully saturated rings. The van der Waals surface area contributed by atoms with Crippen molar-refractivity contribution in [3.05, 3.63) is 50.6 Å². The number of benzene rings is 2. The van der Waals surface area contributed by atoms with E-state index < -0.39 is 0 Å². The quantitative estimate of drug-likeness (QED) is 0.556. The van der Waals surface area contributed by atoms with Crippen LogP contribution >= 0.6 is 22.6 Å². The van der Waals surface area contributed by atoms with Crippen molar-refractivity contribution in [2.45, 2.75) is 13.8 Å². The van der Waals surface area contributed by atoms with Gasteiger partial charge in [-0.25, -0.2) is 0 Å². The van der Waals surface area contributed by atoms with E-state index in [1.54, 1.807) is 14.2 Å². The van der Waals surface area contributed by atoms with Crippen LogP contribution in [0.1, 0.15) is 16.7 Å². The molecule has 0 radical (unpaired) electrons. The van der Waals surface area contributed by atoms with Gasteiger partial charge < -0.3 is 9.47 Å². The molecule has 0 atom stereocenters. The molecule has 2 aromatic carbocycles. The number of aryl methyl sites for hydroxylation is 2. The molecular formula is C17H18INO2. The Morgan fingerprint density at radius 1 is 0.952 bits per heavy atom. The topological polar surface area (TPSA) is 30.8 Å². The van der Waals surface area contributed by atoms with Gasteiger partial charge in [-0.2, -0.15) is 0 Å². The number of rotatable bonds is 4. The minimum Gasteiger partial charge on any atom is -0.493 e. The van der Waals surface area contributed by atoms with Crippen LogP contribution in [0, 0.1) is 17.4 Å². The lowest BCUT2D eigenvalue weighted by atomic mass is 10.1. The fourth-order valence-corrected chi connectivity index (χ4v) is 2.32. The third-order valence-corrected chi connectivity index (χ3v) is 4.48. The Labute approximate surface area is 139 Å². The summed E-state index contributed by atoms with van der Waals surface area (Å²) in [5.74, 6) is 1.44. The molecule has 0 amide bonds. The predicted octanol–water partition coefficient (Wildman–Crippen LogP) is 4.68. The van der Waals surface area contributed by atoms with Crippen LogP contribution < -0.4 is 9.47 Å². The highest BCUT2D eigenvalue weighted by Gasteiger charge is 2.07. The average molecular weight is 395 g/mol. The number of nitrogens with zero attached hydrogens (tertiary/aromatic N) is 1. The Balaban J connectivity index is 2.34. The van der Waals surface area contributed by atoms with Gasteiger partial charge in [-0.05, 0) is 83.5 Å². The average Bonchev–Trinajstić information content (AvgIpc) is 2.49. The fourth-order valence-electron chi connectivity index (χ4n) is 1.99. The van der Waals surface area contributed by atoms with Gasteiger partial charge in [0.2, 0.25) is 0 Å². The number of hydrogen-bond donors (Lipinski definition) is 0. The van der Waals surface area contributed by atoms with E-state index in [1.807, 2.05) is 31.3 Å². The second kappa shape index (κ2) is 6.93. The number of methoxy groups -OCH3 is 2. The molecule has 0 aromatic heterocycles. The SMILES string of the molecule is COc1cc(C)c(C=Nc2ccc(I)c(C)c2)cc1OC. The Hall–Kier alpha value is -1.56. The zero-order chi connectivity index (χ0) is 15.4. The summed E-state index contributed by atoms with van der Waals surface area (Å²) < 4.78 is 11.9. The van der Waals surface area contributed by atoms with Gasteiger partial charge in [0.1, 0.15) is 0 Å². The van der Waals surface area contributed by atoms with E-state index in [1.165, 1.54) is 9.13 Å². The lowest BCUT2D eigenvalue weighted by Crippen LogP contribution is -1.95. The van der Waals surface area contributed by atoms with Crippen LogP contribution in [0.3, 0.4) is 0 Å². The molecular weight excluding hydrogens is 377 g/mol. The van der Waals surface area contributed by atoms with Crippen LogP contribution in [0.4, 0.5) is 5.69 Å². The highest BCUT2D eigenvalue weighted by Crippen LogP contribution is 2.30. The van der Waals surface area contributed by atoms with Gasteiger partial charge >= 0.3 is 0 Å². The standard InChI is InChI=1S/C17H18INO2/c1-11-8-16(20-3)17(21-4)9-13(11)10-19-14-5-6-15(18)12(2)7-14/h5-10H,1-4H3. The molecule has 2 aromatic rings. The lowest BCUT2D eigenvalue weighted by molar-refractivity contribution is 0.354. The number of halogens is 1. The van der Waals surface area contributed by atoms with Crippen molar-refractivity contribution in [1.82, 2.24) is 0 Å². The van der Waals surface area contributed by atoms with E-state index in [0.717, 1.165) is 22.6 Å². The first-order valence-corrected chi connectivity index (χ1v) is 7.66. The highest BCUT2D eigenvalue weighted by molar-refractivity contribution is 14.1. The largest absolute Gasteiger partial charge is 0.493 e. The lowest BCUT2D eigenvalue weighted by Gasteiger charge is -2.10. The van der Waals surface area contributed by atoms with Gasteiger partial charge in [0, 0.05) is 9.78 Å². The molecule has 0 saturated carbocycles. The molecule has 3 nitrogen and oxygen atoms in total. The van der Waals surface area contributed by atoms with E-state index in [0.29, 0.717) is 5.75 Å². The second-order valence-electron chi connectivity index (χ2n) is 4.76.